The molecule has 0 saturated carbocycles. The number of anilines is 2. The van der Waals surface area contributed by atoms with E-state index in [1.807, 2.05) is 24.3 Å². The van der Waals surface area contributed by atoms with Crippen LogP contribution in [0.2, 0.25) is 0 Å². The van der Waals surface area contributed by atoms with Crippen LogP contribution >= 0.6 is 0 Å². The highest BCUT2D eigenvalue weighted by Gasteiger charge is 2.12. The Bertz CT molecular complexity index is 1000. The van der Waals surface area contributed by atoms with Gasteiger partial charge in [-0.05, 0) is 23.6 Å². The van der Waals surface area contributed by atoms with Crippen LogP contribution in [0.25, 0.3) is 10.9 Å². The molecule has 0 aliphatic rings. The van der Waals surface area contributed by atoms with Crippen molar-refractivity contribution in [3.63, 3.8) is 0 Å². The van der Waals surface area contributed by atoms with Crippen molar-refractivity contribution in [3.8, 4) is 0 Å². The predicted octanol–water partition coefficient (Wildman–Crippen LogP) is 1.72. The van der Waals surface area contributed by atoms with Crippen LogP contribution in [0.1, 0.15) is 30.9 Å². The Kier molecular flexibility index (Phi) is 7.15. The summed E-state index contributed by atoms with van der Waals surface area (Å²) in [5.74, 6) is 0.643. The fourth-order valence-corrected chi connectivity index (χ4v) is 3.11. The van der Waals surface area contributed by atoms with Crippen LogP contribution in [-0.2, 0) is 13.1 Å². The minimum atomic E-state index is -0.143. The minimum Gasteiger partial charge on any atom is -0.395 e. The molecule has 0 amide bonds. The lowest BCUT2D eigenvalue weighted by atomic mass is 10.1. The molecule has 0 radical (unpaired) electrons. The number of pyridine rings is 1. The van der Waals surface area contributed by atoms with Crippen molar-refractivity contribution in [2.75, 3.05) is 30.7 Å². The van der Waals surface area contributed by atoms with Gasteiger partial charge >= 0.3 is 0 Å². The zero-order valence-electron chi connectivity index (χ0n) is 16.7. The molecule has 8 nitrogen and oxygen atoms in total. The van der Waals surface area contributed by atoms with E-state index in [0.717, 1.165) is 30.5 Å². The van der Waals surface area contributed by atoms with E-state index in [4.69, 9.17) is 10.8 Å². The number of nitrogens with two attached hydrogens (primary N) is 1. The molecule has 3 rings (SSSR count). The summed E-state index contributed by atoms with van der Waals surface area (Å²) in [6, 6.07) is 9.85. The average Bonchev–Trinajstić information content (AvgIpc) is 2.71. The molecule has 3 aromatic rings. The molecule has 2 heterocycles. The third-order valence-electron chi connectivity index (χ3n) is 4.66. The molecule has 0 spiro atoms. The van der Waals surface area contributed by atoms with Gasteiger partial charge in [-0.25, -0.2) is 4.98 Å². The maximum Gasteiger partial charge on any atom is 0.264 e. The van der Waals surface area contributed by atoms with Crippen molar-refractivity contribution in [2.45, 2.75) is 32.9 Å². The lowest BCUT2D eigenvalue weighted by Crippen LogP contribution is -2.22. The van der Waals surface area contributed by atoms with Gasteiger partial charge in [0.2, 0.25) is 5.95 Å². The molecule has 0 aliphatic carbocycles. The van der Waals surface area contributed by atoms with Gasteiger partial charge in [-0.1, -0.05) is 37.6 Å². The number of nitrogen functional groups attached to an aromatic ring is 1. The standard InChI is InChI=1S/C21H28N6O2/c1-2-3-9-24-19-18-17(25-21(22)26-19)8-11-27(20(18)29)14-16-6-4-15(5-7-16)13-23-10-12-28/h4-8,11,23,28H,2-3,9-10,12-14H2,1H3,(H3,22,24,25,26). The maximum atomic E-state index is 13.1. The largest absolute Gasteiger partial charge is 0.395 e. The first-order valence-corrected chi connectivity index (χ1v) is 9.92. The molecule has 154 valence electrons. The van der Waals surface area contributed by atoms with Gasteiger partial charge in [0.25, 0.3) is 5.56 Å². The van der Waals surface area contributed by atoms with Crippen LogP contribution in [-0.4, -0.2) is 39.3 Å². The Morgan fingerprint density at radius 2 is 1.86 bits per heavy atom. The molecule has 0 fully saturated rings. The van der Waals surface area contributed by atoms with Crippen LogP contribution in [0.3, 0.4) is 0 Å². The summed E-state index contributed by atoms with van der Waals surface area (Å²) >= 11 is 0. The Morgan fingerprint density at radius 1 is 1.10 bits per heavy atom. The Hall–Kier alpha value is -2.97. The van der Waals surface area contributed by atoms with Crippen molar-refractivity contribution < 1.29 is 5.11 Å². The number of fused-ring (bicyclic) bond motifs is 1. The van der Waals surface area contributed by atoms with Crippen LogP contribution < -0.4 is 21.9 Å². The SMILES string of the molecule is CCCCNc1nc(N)nc2ccn(Cc3ccc(CNCCO)cc3)c(=O)c12. The van der Waals surface area contributed by atoms with Gasteiger partial charge in [-0.3, -0.25) is 4.79 Å². The summed E-state index contributed by atoms with van der Waals surface area (Å²) in [5.41, 5.74) is 8.36. The first kappa shape index (κ1) is 20.8. The average molecular weight is 396 g/mol. The number of benzene rings is 1. The van der Waals surface area contributed by atoms with Gasteiger partial charge < -0.3 is 26.0 Å². The number of hydrogen-bond donors (Lipinski definition) is 4. The van der Waals surface area contributed by atoms with Crippen LogP contribution in [0.5, 0.6) is 0 Å². The highest BCUT2D eigenvalue weighted by molar-refractivity contribution is 5.89. The van der Waals surface area contributed by atoms with E-state index in [2.05, 4.69) is 27.5 Å². The normalized spacial score (nSPS) is 11.1. The highest BCUT2D eigenvalue weighted by Crippen LogP contribution is 2.18. The predicted molar refractivity (Wildman–Crippen MR) is 116 cm³/mol. The summed E-state index contributed by atoms with van der Waals surface area (Å²) in [7, 11) is 0. The van der Waals surface area contributed by atoms with Gasteiger partial charge in [-0.15, -0.1) is 0 Å². The molecule has 0 unspecified atom stereocenters. The monoisotopic (exact) mass is 396 g/mol. The third kappa shape index (κ3) is 5.30. The number of aromatic nitrogens is 3. The third-order valence-corrected chi connectivity index (χ3v) is 4.66. The fourth-order valence-electron chi connectivity index (χ4n) is 3.11. The smallest absolute Gasteiger partial charge is 0.264 e. The molecular formula is C21H28N6O2. The molecule has 0 bridgehead atoms. The Morgan fingerprint density at radius 3 is 2.59 bits per heavy atom. The van der Waals surface area contributed by atoms with Crippen molar-refractivity contribution in [2.24, 2.45) is 0 Å². The Balaban J connectivity index is 1.84. The summed E-state index contributed by atoms with van der Waals surface area (Å²) in [5, 5.41) is 15.7. The molecule has 0 saturated heterocycles. The van der Waals surface area contributed by atoms with E-state index in [0.29, 0.717) is 36.4 Å². The molecule has 29 heavy (non-hydrogen) atoms. The number of aliphatic hydroxyl groups is 1. The molecule has 2 aromatic heterocycles. The summed E-state index contributed by atoms with van der Waals surface area (Å²) in [4.78, 5) is 21.6. The number of aliphatic hydroxyl groups excluding tert-OH is 1. The Labute approximate surface area is 169 Å². The second-order valence-corrected chi connectivity index (χ2v) is 6.94. The summed E-state index contributed by atoms with van der Waals surface area (Å²) < 4.78 is 1.66. The van der Waals surface area contributed by atoms with E-state index in [1.165, 1.54) is 0 Å². The molecule has 0 atom stereocenters. The maximum absolute atomic E-state index is 13.1. The highest BCUT2D eigenvalue weighted by atomic mass is 16.3. The lowest BCUT2D eigenvalue weighted by Gasteiger charge is -2.12. The number of rotatable bonds is 10. The molecule has 1 aromatic carbocycles. The topological polar surface area (TPSA) is 118 Å². The van der Waals surface area contributed by atoms with Crippen LogP contribution in [0.4, 0.5) is 11.8 Å². The number of hydrogen-bond acceptors (Lipinski definition) is 7. The number of nitrogens with one attached hydrogen (secondary N) is 2. The molecular weight excluding hydrogens is 368 g/mol. The van der Waals surface area contributed by atoms with Gasteiger partial charge in [0.1, 0.15) is 11.2 Å². The molecule has 8 heteroatoms. The van der Waals surface area contributed by atoms with Crippen LogP contribution in [0, 0.1) is 0 Å². The van der Waals surface area contributed by atoms with E-state index in [-0.39, 0.29) is 18.1 Å². The molecule has 5 N–H and O–H groups in total. The zero-order valence-corrected chi connectivity index (χ0v) is 16.7. The zero-order chi connectivity index (χ0) is 20.6. The second kappa shape index (κ2) is 9.99. The van der Waals surface area contributed by atoms with Crippen molar-refractivity contribution in [1.82, 2.24) is 19.9 Å². The quantitative estimate of drug-likeness (QED) is 0.385. The second-order valence-electron chi connectivity index (χ2n) is 6.94. The first-order valence-electron chi connectivity index (χ1n) is 9.92. The minimum absolute atomic E-state index is 0.119. The first-order chi connectivity index (χ1) is 14.1. The van der Waals surface area contributed by atoms with Gasteiger partial charge in [-0.2, -0.15) is 4.98 Å². The van der Waals surface area contributed by atoms with Crippen molar-refractivity contribution in [3.05, 3.63) is 58.0 Å². The summed E-state index contributed by atoms with van der Waals surface area (Å²) in [6.07, 6.45) is 3.76. The van der Waals surface area contributed by atoms with Crippen molar-refractivity contribution in [1.29, 1.82) is 0 Å². The van der Waals surface area contributed by atoms with Crippen LogP contribution in [0.15, 0.2) is 41.3 Å². The van der Waals surface area contributed by atoms with Gasteiger partial charge in [0.05, 0.1) is 18.7 Å². The fraction of sp³-hybridized carbons (Fsp3) is 0.381. The number of nitrogens with zero attached hydrogens (tertiary/aromatic N) is 3. The van der Waals surface area contributed by atoms with E-state index in [1.54, 1.807) is 16.8 Å². The lowest BCUT2D eigenvalue weighted by molar-refractivity contribution is 0.292. The number of unbranched alkanes of at least 4 members (excludes halogenated alkanes) is 1. The van der Waals surface area contributed by atoms with Gasteiger partial charge in [0.15, 0.2) is 0 Å². The van der Waals surface area contributed by atoms with Crippen molar-refractivity contribution >= 4 is 22.7 Å². The van der Waals surface area contributed by atoms with E-state index in [9.17, 15) is 4.79 Å². The van der Waals surface area contributed by atoms with Gasteiger partial charge in [0, 0.05) is 25.8 Å². The van der Waals surface area contributed by atoms with E-state index < -0.39 is 0 Å². The van der Waals surface area contributed by atoms with E-state index >= 15 is 0 Å². The molecule has 0 aliphatic heterocycles. The summed E-state index contributed by atoms with van der Waals surface area (Å²) in [6.45, 7) is 4.67.